The van der Waals surface area contributed by atoms with Crippen molar-refractivity contribution < 1.29 is 0 Å². The molecule has 0 amide bonds. The highest BCUT2D eigenvalue weighted by atomic mass is 32.1. The van der Waals surface area contributed by atoms with E-state index in [4.69, 9.17) is 4.98 Å². The molecule has 0 unspecified atom stereocenters. The Labute approximate surface area is 188 Å². The maximum Gasteiger partial charge on any atom is 0.0985 e. The van der Waals surface area contributed by atoms with E-state index in [-0.39, 0.29) is 0 Å². The summed E-state index contributed by atoms with van der Waals surface area (Å²) in [6, 6.07) is 31.9. The molecule has 0 saturated carbocycles. The second kappa shape index (κ2) is 6.74. The van der Waals surface area contributed by atoms with E-state index in [2.05, 4.69) is 88.4 Å². The van der Waals surface area contributed by atoms with Crippen LogP contribution in [0.15, 0.2) is 103 Å². The van der Waals surface area contributed by atoms with Crippen LogP contribution in [0, 0.1) is 0 Å². The number of fused-ring (bicyclic) bond motifs is 7. The van der Waals surface area contributed by atoms with Gasteiger partial charge in [0.05, 0.1) is 34.1 Å². The van der Waals surface area contributed by atoms with Crippen molar-refractivity contribution in [3.8, 4) is 16.9 Å². The lowest BCUT2D eigenvalue weighted by atomic mass is 10.1. The van der Waals surface area contributed by atoms with Crippen LogP contribution in [-0.2, 0) is 0 Å². The van der Waals surface area contributed by atoms with Crippen molar-refractivity contribution >= 4 is 53.4 Å². The first-order valence-electron chi connectivity index (χ1n) is 10.6. The van der Waals surface area contributed by atoms with Crippen molar-refractivity contribution in [2.45, 2.75) is 0 Å². The van der Waals surface area contributed by atoms with Crippen molar-refractivity contribution in [3.63, 3.8) is 0 Å². The molecule has 3 aromatic carbocycles. The summed E-state index contributed by atoms with van der Waals surface area (Å²) in [5.74, 6) is 0. The van der Waals surface area contributed by atoms with Gasteiger partial charge in [0.1, 0.15) is 0 Å². The number of hydrogen-bond donors (Lipinski definition) is 0. The summed E-state index contributed by atoms with van der Waals surface area (Å²) in [4.78, 5) is 9.58. The third kappa shape index (κ3) is 2.47. The van der Waals surface area contributed by atoms with E-state index in [1.807, 2.05) is 35.9 Å². The van der Waals surface area contributed by atoms with E-state index in [0.29, 0.717) is 0 Å². The van der Waals surface area contributed by atoms with Crippen molar-refractivity contribution in [1.82, 2.24) is 14.5 Å². The Morgan fingerprint density at radius 2 is 1.53 bits per heavy atom. The van der Waals surface area contributed by atoms with Gasteiger partial charge in [-0.15, -0.1) is 11.3 Å². The second-order valence-corrected chi connectivity index (χ2v) is 8.96. The van der Waals surface area contributed by atoms with Gasteiger partial charge in [-0.1, -0.05) is 54.6 Å². The first kappa shape index (κ1) is 17.6. The van der Waals surface area contributed by atoms with Gasteiger partial charge in [-0.2, -0.15) is 0 Å². The summed E-state index contributed by atoms with van der Waals surface area (Å²) < 4.78 is 4.87. The first-order valence-corrected chi connectivity index (χ1v) is 11.4. The van der Waals surface area contributed by atoms with Crippen molar-refractivity contribution in [2.24, 2.45) is 0 Å². The van der Waals surface area contributed by atoms with Crippen LogP contribution in [0.1, 0.15) is 0 Å². The minimum Gasteiger partial charge on any atom is -0.306 e. The number of pyridine rings is 2. The van der Waals surface area contributed by atoms with Crippen molar-refractivity contribution in [2.75, 3.05) is 0 Å². The molecule has 0 aliphatic heterocycles. The maximum absolute atomic E-state index is 5.21. The van der Waals surface area contributed by atoms with Crippen LogP contribution in [0.2, 0.25) is 0 Å². The molecule has 0 spiro atoms. The van der Waals surface area contributed by atoms with Crippen molar-refractivity contribution in [3.05, 3.63) is 103 Å². The Hall–Kier alpha value is -4.02. The average molecular weight is 428 g/mol. The summed E-state index contributed by atoms with van der Waals surface area (Å²) in [5, 5.41) is 3.80. The van der Waals surface area contributed by atoms with Gasteiger partial charge in [0, 0.05) is 37.3 Å². The topological polar surface area (TPSA) is 30.7 Å². The predicted octanol–water partition coefficient (Wildman–Crippen LogP) is 7.61. The Bertz CT molecular complexity index is 1760. The lowest BCUT2D eigenvalue weighted by Crippen LogP contribution is -1.94. The number of thiophene rings is 1. The molecule has 7 aromatic rings. The van der Waals surface area contributed by atoms with Gasteiger partial charge >= 0.3 is 0 Å². The number of aromatic nitrogens is 3. The van der Waals surface area contributed by atoms with Gasteiger partial charge in [0.2, 0.25) is 0 Å². The lowest BCUT2D eigenvalue weighted by molar-refractivity contribution is 1.14. The fourth-order valence-corrected chi connectivity index (χ4v) is 5.92. The zero-order valence-electron chi connectivity index (χ0n) is 17.1. The summed E-state index contributed by atoms with van der Waals surface area (Å²) in [6.45, 7) is 0. The predicted molar refractivity (Wildman–Crippen MR) is 135 cm³/mol. The number of benzene rings is 3. The minimum absolute atomic E-state index is 0.987. The highest BCUT2D eigenvalue weighted by molar-refractivity contribution is 7.26. The molecule has 7 rings (SSSR count). The molecule has 0 N–H and O–H groups in total. The lowest BCUT2D eigenvalue weighted by Gasteiger charge is -2.07. The van der Waals surface area contributed by atoms with E-state index in [9.17, 15) is 0 Å². The second-order valence-electron chi connectivity index (χ2n) is 7.91. The third-order valence-corrected chi connectivity index (χ3v) is 7.30. The average Bonchev–Trinajstić information content (AvgIpc) is 3.40. The standard InChI is InChI=1S/C28H17N3S/c1-2-7-18(8-3-1)22-13-15-24-27(30-22)26-23(31(24)19-9-6-16-29-17-19)14-12-21-20-10-4-5-11-25(20)32-28(21)26/h1-17H. The van der Waals surface area contributed by atoms with Gasteiger partial charge in [0.15, 0.2) is 0 Å². The molecule has 0 aliphatic rings. The Morgan fingerprint density at radius 3 is 2.41 bits per heavy atom. The fourth-order valence-electron chi connectivity index (χ4n) is 4.67. The van der Waals surface area contributed by atoms with Crippen molar-refractivity contribution in [1.29, 1.82) is 0 Å². The summed E-state index contributed by atoms with van der Waals surface area (Å²) >= 11 is 1.85. The normalized spacial score (nSPS) is 11.8. The third-order valence-electron chi connectivity index (χ3n) is 6.09. The minimum atomic E-state index is 0.987. The first-order chi connectivity index (χ1) is 15.9. The quantitative estimate of drug-likeness (QED) is 0.284. The van der Waals surface area contributed by atoms with Crippen LogP contribution in [-0.4, -0.2) is 14.5 Å². The molecule has 4 aromatic heterocycles. The van der Waals surface area contributed by atoms with Gasteiger partial charge in [0.25, 0.3) is 0 Å². The van der Waals surface area contributed by atoms with Crippen LogP contribution in [0.3, 0.4) is 0 Å². The SMILES string of the molecule is c1ccc(-c2ccc3c(n2)c2c4sc5ccccc5c4ccc2n3-c2cccnc2)cc1. The van der Waals surface area contributed by atoms with Gasteiger partial charge < -0.3 is 4.57 Å². The molecule has 4 heteroatoms. The molecule has 0 fully saturated rings. The van der Waals surface area contributed by atoms with Gasteiger partial charge in [-0.3, -0.25) is 4.98 Å². The van der Waals surface area contributed by atoms with Crippen LogP contribution >= 0.6 is 11.3 Å². The molecule has 0 saturated heterocycles. The van der Waals surface area contributed by atoms with Crippen LogP contribution in [0.5, 0.6) is 0 Å². The Kier molecular flexibility index (Phi) is 3.72. The molecule has 3 nitrogen and oxygen atoms in total. The van der Waals surface area contributed by atoms with E-state index in [1.54, 1.807) is 0 Å². The largest absolute Gasteiger partial charge is 0.306 e. The highest BCUT2D eigenvalue weighted by Crippen LogP contribution is 2.43. The number of nitrogens with zero attached hydrogens (tertiary/aromatic N) is 3. The highest BCUT2D eigenvalue weighted by Gasteiger charge is 2.19. The molecule has 4 heterocycles. The van der Waals surface area contributed by atoms with E-state index in [0.717, 1.165) is 33.5 Å². The Balaban J connectivity index is 1.68. The molecular formula is C28H17N3S. The molecule has 0 atom stereocenters. The molecular weight excluding hydrogens is 410 g/mol. The monoisotopic (exact) mass is 427 g/mol. The summed E-state index contributed by atoms with van der Waals surface area (Å²) in [7, 11) is 0. The van der Waals surface area contributed by atoms with Crippen LogP contribution in [0.25, 0.3) is 59.1 Å². The number of rotatable bonds is 2. The molecule has 32 heavy (non-hydrogen) atoms. The Morgan fingerprint density at radius 1 is 0.688 bits per heavy atom. The van der Waals surface area contributed by atoms with Gasteiger partial charge in [-0.05, 0) is 36.4 Å². The zero-order chi connectivity index (χ0) is 21.1. The van der Waals surface area contributed by atoms with E-state index in [1.165, 1.54) is 25.6 Å². The van der Waals surface area contributed by atoms with Crippen LogP contribution in [0.4, 0.5) is 0 Å². The molecule has 150 valence electrons. The maximum atomic E-state index is 5.21. The summed E-state index contributed by atoms with van der Waals surface area (Å²) in [5.41, 5.74) is 6.44. The van der Waals surface area contributed by atoms with E-state index >= 15 is 0 Å². The molecule has 0 aliphatic carbocycles. The zero-order valence-corrected chi connectivity index (χ0v) is 17.9. The summed E-state index contributed by atoms with van der Waals surface area (Å²) in [6.07, 6.45) is 3.73. The smallest absolute Gasteiger partial charge is 0.0985 e. The number of hydrogen-bond acceptors (Lipinski definition) is 3. The molecule has 0 radical (unpaired) electrons. The van der Waals surface area contributed by atoms with E-state index < -0.39 is 0 Å². The van der Waals surface area contributed by atoms with Gasteiger partial charge in [-0.25, -0.2) is 4.98 Å². The van der Waals surface area contributed by atoms with Crippen LogP contribution < -0.4 is 0 Å². The molecule has 0 bridgehead atoms. The fraction of sp³-hybridized carbons (Fsp3) is 0.